The number of hydrogen-bond donors (Lipinski definition) is 1. The maximum absolute atomic E-state index is 13.8. The first-order valence-electron chi connectivity index (χ1n) is 5.79. The van der Waals surface area contributed by atoms with E-state index in [0.29, 0.717) is 16.1 Å². The summed E-state index contributed by atoms with van der Waals surface area (Å²) < 4.78 is 36.5. The van der Waals surface area contributed by atoms with Crippen molar-refractivity contribution in [1.29, 1.82) is 0 Å². The quantitative estimate of drug-likeness (QED) is 0.947. The molecule has 3 nitrogen and oxygen atoms in total. The molecule has 0 aliphatic carbocycles. The number of benzene rings is 2. The molecule has 0 saturated heterocycles. The molecule has 2 rings (SSSR count). The molecule has 106 valence electrons. The Morgan fingerprint density at radius 2 is 1.75 bits per heavy atom. The summed E-state index contributed by atoms with van der Waals surface area (Å²) in [5.41, 5.74) is 6.92. The summed E-state index contributed by atoms with van der Waals surface area (Å²) in [4.78, 5) is 0.199. The van der Waals surface area contributed by atoms with Crippen molar-refractivity contribution in [3.63, 3.8) is 0 Å². The van der Waals surface area contributed by atoms with Crippen molar-refractivity contribution < 1.29 is 12.8 Å². The fourth-order valence-electron chi connectivity index (χ4n) is 1.86. The van der Waals surface area contributed by atoms with Gasteiger partial charge in [-0.05, 0) is 29.8 Å². The molecule has 2 aromatic carbocycles. The SMILES string of the molecule is CS(=O)(=O)c1ccc(C(N)c2ccc(Cl)cc2F)cc1. The minimum absolute atomic E-state index is 0.199. The molecule has 1 atom stereocenters. The van der Waals surface area contributed by atoms with Crippen molar-refractivity contribution in [2.45, 2.75) is 10.9 Å². The third-order valence-corrected chi connectivity index (χ3v) is 4.33. The average molecular weight is 314 g/mol. The number of hydrogen-bond acceptors (Lipinski definition) is 3. The van der Waals surface area contributed by atoms with Crippen LogP contribution < -0.4 is 5.73 Å². The second kappa shape index (κ2) is 5.52. The van der Waals surface area contributed by atoms with Crippen LogP contribution in [-0.2, 0) is 9.84 Å². The van der Waals surface area contributed by atoms with Gasteiger partial charge in [0, 0.05) is 16.8 Å². The van der Waals surface area contributed by atoms with Gasteiger partial charge in [0.15, 0.2) is 9.84 Å². The Bertz CT molecular complexity index is 729. The summed E-state index contributed by atoms with van der Waals surface area (Å²) in [7, 11) is -3.26. The lowest BCUT2D eigenvalue weighted by Crippen LogP contribution is -2.13. The zero-order valence-corrected chi connectivity index (χ0v) is 12.2. The Kier molecular flexibility index (Phi) is 4.13. The predicted molar refractivity (Wildman–Crippen MR) is 77.0 cm³/mol. The van der Waals surface area contributed by atoms with Crippen molar-refractivity contribution in [2.75, 3.05) is 6.26 Å². The highest BCUT2D eigenvalue weighted by Gasteiger charge is 2.15. The first-order valence-corrected chi connectivity index (χ1v) is 8.06. The van der Waals surface area contributed by atoms with Crippen LogP contribution in [0.1, 0.15) is 17.2 Å². The smallest absolute Gasteiger partial charge is 0.175 e. The van der Waals surface area contributed by atoms with E-state index in [1.54, 1.807) is 18.2 Å². The molecule has 20 heavy (non-hydrogen) atoms. The second-order valence-electron chi connectivity index (χ2n) is 4.48. The Hall–Kier alpha value is -1.43. The molecule has 2 aromatic rings. The van der Waals surface area contributed by atoms with Crippen molar-refractivity contribution in [3.05, 3.63) is 64.4 Å². The van der Waals surface area contributed by atoms with Gasteiger partial charge in [-0.15, -0.1) is 0 Å². The summed E-state index contributed by atoms with van der Waals surface area (Å²) in [6.07, 6.45) is 1.13. The normalized spacial score (nSPS) is 13.2. The van der Waals surface area contributed by atoms with Crippen LogP contribution in [0.25, 0.3) is 0 Å². The third-order valence-electron chi connectivity index (χ3n) is 2.96. The van der Waals surface area contributed by atoms with E-state index in [1.165, 1.54) is 24.3 Å². The lowest BCUT2D eigenvalue weighted by Gasteiger charge is -2.14. The van der Waals surface area contributed by atoms with Crippen LogP contribution in [0, 0.1) is 5.82 Å². The van der Waals surface area contributed by atoms with E-state index in [4.69, 9.17) is 17.3 Å². The van der Waals surface area contributed by atoms with Gasteiger partial charge in [-0.2, -0.15) is 0 Å². The van der Waals surface area contributed by atoms with Crippen LogP contribution in [0.3, 0.4) is 0 Å². The Labute approximate surface area is 122 Å². The van der Waals surface area contributed by atoms with Crippen LogP contribution in [-0.4, -0.2) is 14.7 Å². The van der Waals surface area contributed by atoms with E-state index in [1.807, 2.05) is 0 Å². The van der Waals surface area contributed by atoms with Gasteiger partial charge in [-0.3, -0.25) is 0 Å². The van der Waals surface area contributed by atoms with Crippen molar-refractivity contribution in [1.82, 2.24) is 0 Å². The minimum Gasteiger partial charge on any atom is -0.320 e. The van der Waals surface area contributed by atoms with Crippen LogP contribution in [0.2, 0.25) is 5.02 Å². The van der Waals surface area contributed by atoms with E-state index < -0.39 is 21.7 Å². The van der Waals surface area contributed by atoms with Crippen LogP contribution in [0.4, 0.5) is 4.39 Å². The van der Waals surface area contributed by atoms with Gasteiger partial charge in [0.2, 0.25) is 0 Å². The van der Waals surface area contributed by atoms with Crippen molar-refractivity contribution in [2.24, 2.45) is 5.73 Å². The highest BCUT2D eigenvalue weighted by Crippen LogP contribution is 2.25. The predicted octanol–water partition coefficient (Wildman–Crippen LogP) is 2.93. The lowest BCUT2D eigenvalue weighted by atomic mass is 9.99. The number of sulfone groups is 1. The summed E-state index contributed by atoms with van der Waals surface area (Å²) in [5, 5.41) is 0.297. The molecule has 0 aliphatic rings. The number of halogens is 2. The second-order valence-corrected chi connectivity index (χ2v) is 6.94. The largest absolute Gasteiger partial charge is 0.320 e. The molecule has 6 heteroatoms. The van der Waals surface area contributed by atoms with Crippen LogP contribution in [0.5, 0.6) is 0 Å². The lowest BCUT2D eigenvalue weighted by molar-refractivity contribution is 0.598. The molecule has 0 saturated carbocycles. The Balaban J connectivity index is 2.36. The van der Waals surface area contributed by atoms with Crippen LogP contribution in [0.15, 0.2) is 47.4 Å². The van der Waals surface area contributed by atoms with Crippen LogP contribution >= 0.6 is 11.6 Å². The maximum Gasteiger partial charge on any atom is 0.175 e. The standard InChI is InChI=1S/C14H13ClFNO2S/c1-20(18,19)11-5-2-9(3-6-11)14(17)12-7-4-10(15)8-13(12)16/h2-8,14H,17H2,1H3. The third kappa shape index (κ3) is 3.17. The Morgan fingerprint density at radius 1 is 1.15 bits per heavy atom. The maximum atomic E-state index is 13.8. The number of nitrogens with two attached hydrogens (primary N) is 1. The molecule has 0 fully saturated rings. The molecule has 0 bridgehead atoms. The first-order chi connectivity index (χ1) is 9.29. The van der Waals surface area contributed by atoms with Gasteiger partial charge >= 0.3 is 0 Å². The monoisotopic (exact) mass is 313 g/mol. The summed E-state index contributed by atoms with van der Waals surface area (Å²) in [5.74, 6) is -0.489. The van der Waals surface area contributed by atoms with Crippen molar-refractivity contribution >= 4 is 21.4 Å². The van der Waals surface area contributed by atoms with E-state index in [0.717, 1.165) is 6.26 Å². The molecule has 0 aromatic heterocycles. The molecular weight excluding hydrogens is 301 g/mol. The van der Waals surface area contributed by atoms with Gasteiger partial charge in [-0.25, -0.2) is 12.8 Å². The first kappa shape index (κ1) is 15.0. The summed E-state index contributed by atoms with van der Waals surface area (Å²) in [6, 6.07) is 9.67. The molecule has 0 spiro atoms. The van der Waals surface area contributed by atoms with E-state index in [-0.39, 0.29) is 4.90 Å². The van der Waals surface area contributed by atoms with Crippen molar-refractivity contribution in [3.8, 4) is 0 Å². The number of rotatable bonds is 3. The fourth-order valence-corrected chi connectivity index (χ4v) is 2.64. The van der Waals surface area contributed by atoms with E-state index in [9.17, 15) is 12.8 Å². The van der Waals surface area contributed by atoms with Gasteiger partial charge < -0.3 is 5.73 Å². The summed E-state index contributed by atoms with van der Waals surface area (Å²) >= 11 is 5.69. The van der Waals surface area contributed by atoms with E-state index in [2.05, 4.69) is 0 Å². The van der Waals surface area contributed by atoms with Gasteiger partial charge in [0.1, 0.15) is 5.82 Å². The highest BCUT2D eigenvalue weighted by atomic mass is 35.5. The molecular formula is C14H13ClFNO2S. The van der Waals surface area contributed by atoms with Gasteiger partial charge in [-0.1, -0.05) is 29.8 Å². The molecule has 1 unspecified atom stereocenters. The zero-order chi connectivity index (χ0) is 14.9. The minimum atomic E-state index is -3.26. The fraction of sp³-hybridized carbons (Fsp3) is 0.143. The molecule has 0 heterocycles. The molecule has 0 amide bonds. The molecule has 0 radical (unpaired) electrons. The van der Waals surface area contributed by atoms with Gasteiger partial charge in [0.05, 0.1) is 10.9 Å². The zero-order valence-electron chi connectivity index (χ0n) is 10.7. The summed E-state index contributed by atoms with van der Waals surface area (Å²) in [6.45, 7) is 0. The average Bonchev–Trinajstić information content (AvgIpc) is 2.37. The topological polar surface area (TPSA) is 60.2 Å². The van der Waals surface area contributed by atoms with E-state index >= 15 is 0 Å². The van der Waals surface area contributed by atoms with Gasteiger partial charge in [0.25, 0.3) is 0 Å². The Morgan fingerprint density at radius 3 is 2.25 bits per heavy atom. The highest BCUT2D eigenvalue weighted by molar-refractivity contribution is 7.90. The molecule has 0 aliphatic heterocycles. The molecule has 2 N–H and O–H groups in total.